The molecule has 1 saturated carbocycles. The lowest BCUT2D eigenvalue weighted by atomic mass is 10.1. The Morgan fingerprint density at radius 1 is 1.37 bits per heavy atom. The van der Waals surface area contributed by atoms with Crippen LogP contribution in [0.3, 0.4) is 0 Å². The van der Waals surface area contributed by atoms with Gasteiger partial charge in [-0.25, -0.2) is 4.63 Å². The van der Waals surface area contributed by atoms with Gasteiger partial charge in [-0.15, -0.1) is 0 Å². The fraction of sp³-hybridized carbons (Fsp3) is 0.462. The van der Waals surface area contributed by atoms with Gasteiger partial charge in [0.1, 0.15) is 11.0 Å². The maximum atomic E-state index is 12.0. The molecule has 2 aromatic rings. The highest BCUT2D eigenvalue weighted by atomic mass is 16.6. The second-order valence-corrected chi connectivity index (χ2v) is 5.08. The van der Waals surface area contributed by atoms with Gasteiger partial charge in [0.15, 0.2) is 0 Å². The molecule has 1 aliphatic rings. The summed E-state index contributed by atoms with van der Waals surface area (Å²) in [5.74, 6) is 0.152. The van der Waals surface area contributed by atoms with E-state index in [1.165, 1.54) is 0 Å². The average Bonchev–Trinajstić information content (AvgIpc) is 3.03. The predicted molar refractivity (Wildman–Crippen MR) is 69.0 cm³/mol. The first kappa shape index (κ1) is 12.1. The largest absolute Gasteiger partial charge is 0.352 e. The minimum absolute atomic E-state index is 0.0625. The molecule has 1 heterocycles. The van der Waals surface area contributed by atoms with Crippen molar-refractivity contribution in [3.63, 3.8) is 0 Å². The standard InChI is InChI=1S/C13H16N4O2/c14-10-3-2-9(6-10)13(18)15-7-8-1-4-11-12(5-8)17-19-16-11/h1,4-5,9-10H,2-3,6-7,14H2,(H,15,18)/t9-,10+/m1/s1. The fourth-order valence-corrected chi connectivity index (χ4v) is 2.53. The number of rotatable bonds is 3. The molecule has 1 aliphatic carbocycles. The topological polar surface area (TPSA) is 94.0 Å². The summed E-state index contributed by atoms with van der Waals surface area (Å²) in [6.45, 7) is 0.493. The molecule has 19 heavy (non-hydrogen) atoms. The van der Waals surface area contributed by atoms with Crippen LogP contribution in [-0.4, -0.2) is 22.3 Å². The Morgan fingerprint density at radius 3 is 3.00 bits per heavy atom. The first-order valence-electron chi connectivity index (χ1n) is 6.47. The molecule has 100 valence electrons. The second kappa shape index (κ2) is 4.97. The Balaban J connectivity index is 1.60. The maximum Gasteiger partial charge on any atom is 0.223 e. The molecule has 0 radical (unpaired) electrons. The Hall–Kier alpha value is -1.95. The number of hydrogen-bond acceptors (Lipinski definition) is 5. The van der Waals surface area contributed by atoms with Gasteiger partial charge >= 0.3 is 0 Å². The van der Waals surface area contributed by atoms with E-state index in [9.17, 15) is 4.79 Å². The van der Waals surface area contributed by atoms with Crippen LogP contribution < -0.4 is 11.1 Å². The molecule has 0 bridgehead atoms. The van der Waals surface area contributed by atoms with E-state index in [2.05, 4.69) is 20.3 Å². The van der Waals surface area contributed by atoms with Crippen LogP contribution >= 0.6 is 0 Å². The van der Waals surface area contributed by atoms with Gasteiger partial charge in [-0.1, -0.05) is 6.07 Å². The molecule has 0 unspecified atom stereocenters. The maximum absolute atomic E-state index is 12.0. The molecule has 1 aromatic carbocycles. The van der Waals surface area contributed by atoms with E-state index >= 15 is 0 Å². The molecular weight excluding hydrogens is 244 g/mol. The molecule has 0 spiro atoms. The van der Waals surface area contributed by atoms with Gasteiger partial charge in [-0.05, 0) is 47.3 Å². The number of fused-ring (bicyclic) bond motifs is 1. The van der Waals surface area contributed by atoms with E-state index in [1.54, 1.807) is 0 Å². The van der Waals surface area contributed by atoms with Crippen LogP contribution in [0.4, 0.5) is 0 Å². The van der Waals surface area contributed by atoms with E-state index in [0.29, 0.717) is 12.1 Å². The third-order valence-corrected chi connectivity index (χ3v) is 3.63. The number of nitrogens with zero attached hydrogens (tertiary/aromatic N) is 2. The molecule has 2 atom stereocenters. The molecule has 1 amide bonds. The zero-order valence-corrected chi connectivity index (χ0v) is 10.5. The van der Waals surface area contributed by atoms with Crippen molar-refractivity contribution < 1.29 is 9.42 Å². The normalized spacial score (nSPS) is 22.8. The van der Waals surface area contributed by atoms with Gasteiger partial charge in [-0.2, -0.15) is 0 Å². The van der Waals surface area contributed by atoms with Crippen LogP contribution in [0.5, 0.6) is 0 Å². The fourth-order valence-electron chi connectivity index (χ4n) is 2.53. The minimum atomic E-state index is 0.0625. The van der Waals surface area contributed by atoms with E-state index in [4.69, 9.17) is 5.73 Å². The number of hydrogen-bond donors (Lipinski definition) is 2. The monoisotopic (exact) mass is 260 g/mol. The van der Waals surface area contributed by atoms with Crippen LogP contribution in [-0.2, 0) is 11.3 Å². The third-order valence-electron chi connectivity index (χ3n) is 3.63. The van der Waals surface area contributed by atoms with Crippen molar-refractivity contribution in [1.82, 2.24) is 15.6 Å². The van der Waals surface area contributed by atoms with Crippen LogP contribution in [0, 0.1) is 5.92 Å². The summed E-state index contributed by atoms with van der Waals surface area (Å²) >= 11 is 0. The zero-order valence-electron chi connectivity index (χ0n) is 10.5. The van der Waals surface area contributed by atoms with E-state index in [-0.39, 0.29) is 17.9 Å². The predicted octanol–water partition coefficient (Wildman–Crippen LogP) is 0.966. The van der Waals surface area contributed by atoms with E-state index < -0.39 is 0 Å². The summed E-state index contributed by atoms with van der Waals surface area (Å²) in [6.07, 6.45) is 2.62. The van der Waals surface area contributed by atoms with E-state index in [1.807, 2.05) is 18.2 Å². The molecule has 0 aliphatic heterocycles. The summed E-state index contributed by atoms with van der Waals surface area (Å²) in [4.78, 5) is 12.0. The summed E-state index contributed by atoms with van der Waals surface area (Å²) in [5.41, 5.74) is 8.22. The molecule has 1 fully saturated rings. The number of nitrogens with two attached hydrogens (primary N) is 1. The Labute approximate surface area is 110 Å². The molecular formula is C13H16N4O2. The van der Waals surface area contributed by atoms with Gasteiger partial charge in [0, 0.05) is 18.5 Å². The Bertz CT molecular complexity index is 595. The van der Waals surface area contributed by atoms with Crippen molar-refractivity contribution in [2.75, 3.05) is 0 Å². The molecule has 0 saturated heterocycles. The lowest BCUT2D eigenvalue weighted by molar-refractivity contribution is -0.125. The number of nitrogens with one attached hydrogen (secondary N) is 1. The van der Waals surface area contributed by atoms with Gasteiger partial charge in [0.05, 0.1) is 0 Å². The minimum Gasteiger partial charge on any atom is -0.352 e. The number of amides is 1. The van der Waals surface area contributed by atoms with Crippen LogP contribution in [0.2, 0.25) is 0 Å². The molecule has 3 N–H and O–H groups in total. The SMILES string of the molecule is N[C@H]1CC[C@@H](C(=O)NCc2ccc3nonc3c2)C1. The average molecular weight is 260 g/mol. The van der Waals surface area contributed by atoms with Crippen molar-refractivity contribution in [2.24, 2.45) is 11.7 Å². The number of carbonyl (C=O) groups excluding carboxylic acids is 1. The highest BCUT2D eigenvalue weighted by Crippen LogP contribution is 2.24. The highest BCUT2D eigenvalue weighted by molar-refractivity contribution is 5.79. The Kier molecular flexibility index (Phi) is 3.16. The molecule has 1 aromatic heterocycles. The summed E-state index contributed by atoms with van der Waals surface area (Å²) in [5, 5.41) is 10.5. The molecule has 6 nitrogen and oxygen atoms in total. The lowest BCUT2D eigenvalue weighted by Gasteiger charge is -2.10. The van der Waals surface area contributed by atoms with Crippen molar-refractivity contribution in [1.29, 1.82) is 0 Å². The van der Waals surface area contributed by atoms with Crippen molar-refractivity contribution >= 4 is 16.9 Å². The third kappa shape index (κ3) is 2.58. The molecule has 6 heteroatoms. The lowest BCUT2D eigenvalue weighted by Crippen LogP contribution is -2.29. The van der Waals surface area contributed by atoms with Crippen molar-refractivity contribution in [2.45, 2.75) is 31.8 Å². The first-order chi connectivity index (χ1) is 9.22. The van der Waals surface area contributed by atoms with Crippen LogP contribution in [0.25, 0.3) is 11.0 Å². The van der Waals surface area contributed by atoms with Gasteiger partial charge in [-0.3, -0.25) is 4.79 Å². The van der Waals surface area contributed by atoms with Crippen molar-refractivity contribution in [3.05, 3.63) is 23.8 Å². The Morgan fingerprint density at radius 2 is 2.21 bits per heavy atom. The number of carbonyl (C=O) groups is 1. The van der Waals surface area contributed by atoms with E-state index in [0.717, 1.165) is 30.3 Å². The summed E-state index contributed by atoms with van der Waals surface area (Å²) in [6, 6.07) is 5.78. The van der Waals surface area contributed by atoms with Crippen LogP contribution in [0.15, 0.2) is 22.8 Å². The number of benzene rings is 1. The van der Waals surface area contributed by atoms with Gasteiger partial charge in [0.25, 0.3) is 0 Å². The highest BCUT2D eigenvalue weighted by Gasteiger charge is 2.27. The molecule has 3 rings (SSSR count). The first-order valence-corrected chi connectivity index (χ1v) is 6.47. The number of aromatic nitrogens is 2. The quantitative estimate of drug-likeness (QED) is 0.857. The second-order valence-electron chi connectivity index (χ2n) is 5.08. The van der Waals surface area contributed by atoms with Crippen LogP contribution in [0.1, 0.15) is 24.8 Å². The van der Waals surface area contributed by atoms with Crippen molar-refractivity contribution in [3.8, 4) is 0 Å². The zero-order chi connectivity index (χ0) is 13.2. The van der Waals surface area contributed by atoms with Gasteiger partial charge in [0.2, 0.25) is 5.91 Å². The smallest absolute Gasteiger partial charge is 0.223 e. The van der Waals surface area contributed by atoms with Gasteiger partial charge < -0.3 is 11.1 Å². The summed E-state index contributed by atoms with van der Waals surface area (Å²) in [7, 11) is 0. The summed E-state index contributed by atoms with van der Waals surface area (Å²) < 4.78 is 4.64.